The Kier molecular flexibility index (Phi) is 3.89. The van der Waals surface area contributed by atoms with E-state index in [9.17, 15) is 4.79 Å². The van der Waals surface area contributed by atoms with Crippen molar-refractivity contribution in [2.45, 2.75) is 20.3 Å². The number of hydrogen-bond donors (Lipinski definition) is 1. The highest BCUT2D eigenvalue weighted by Crippen LogP contribution is 2.21. The zero-order valence-electron chi connectivity index (χ0n) is 8.59. The minimum atomic E-state index is -0.00213. The molecular formula is C11H15NOS. The summed E-state index contributed by atoms with van der Waals surface area (Å²) >= 11 is 1.55. The van der Waals surface area contributed by atoms with Crippen LogP contribution in [0, 0.1) is 6.92 Å². The number of amides is 1. The van der Waals surface area contributed by atoms with E-state index in [0.29, 0.717) is 6.54 Å². The fourth-order valence-electron chi connectivity index (χ4n) is 1.23. The van der Waals surface area contributed by atoms with Crippen molar-refractivity contribution in [3.05, 3.63) is 34.0 Å². The zero-order valence-corrected chi connectivity index (χ0v) is 9.41. The average Bonchev–Trinajstić information content (AvgIpc) is 2.56. The zero-order chi connectivity index (χ0) is 10.6. The van der Waals surface area contributed by atoms with Crippen molar-refractivity contribution >= 4 is 17.2 Å². The Hall–Kier alpha value is -1.09. The molecule has 1 amide bonds. The van der Waals surface area contributed by atoms with Crippen molar-refractivity contribution < 1.29 is 4.79 Å². The van der Waals surface area contributed by atoms with E-state index in [0.717, 1.165) is 11.3 Å². The molecule has 14 heavy (non-hydrogen) atoms. The SMILES string of the molecule is C=CCNC(=O)c1cc(CC)c(C)s1. The molecule has 0 fully saturated rings. The van der Waals surface area contributed by atoms with Gasteiger partial charge in [-0.25, -0.2) is 0 Å². The van der Waals surface area contributed by atoms with Gasteiger partial charge >= 0.3 is 0 Å². The van der Waals surface area contributed by atoms with E-state index >= 15 is 0 Å². The molecule has 2 nitrogen and oxygen atoms in total. The van der Waals surface area contributed by atoms with E-state index < -0.39 is 0 Å². The molecule has 0 aliphatic heterocycles. The summed E-state index contributed by atoms with van der Waals surface area (Å²) in [5.41, 5.74) is 1.26. The van der Waals surface area contributed by atoms with Gasteiger partial charge in [-0.05, 0) is 25.0 Å². The third kappa shape index (κ3) is 2.45. The van der Waals surface area contributed by atoms with E-state index in [-0.39, 0.29) is 5.91 Å². The van der Waals surface area contributed by atoms with Crippen LogP contribution >= 0.6 is 11.3 Å². The van der Waals surface area contributed by atoms with Crippen LogP contribution in [0.4, 0.5) is 0 Å². The second-order valence-corrected chi connectivity index (χ2v) is 4.30. The largest absolute Gasteiger partial charge is 0.348 e. The Morgan fingerprint density at radius 1 is 1.71 bits per heavy atom. The Morgan fingerprint density at radius 2 is 2.43 bits per heavy atom. The first-order valence-corrected chi connectivity index (χ1v) is 5.49. The number of hydrogen-bond acceptors (Lipinski definition) is 2. The van der Waals surface area contributed by atoms with Crippen molar-refractivity contribution in [1.29, 1.82) is 0 Å². The molecule has 0 aliphatic rings. The second-order valence-electron chi connectivity index (χ2n) is 3.04. The molecule has 0 saturated heterocycles. The lowest BCUT2D eigenvalue weighted by Crippen LogP contribution is -2.22. The number of aryl methyl sites for hydroxylation is 2. The van der Waals surface area contributed by atoms with Gasteiger partial charge in [0.1, 0.15) is 0 Å². The second kappa shape index (κ2) is 4.96. The fourth-order valence-corrected chi connectivity index (χ4v) is 2.26. The van der Waals surface area contributed by atoms with Gasteiger partial charge in [0.2, 0.25) is 0 Å². The molecule has 1 aromatic rings. The smallest absolute Gasteiger partial charge is 0.261 e. The summed E-state index contributed by atoms with van der Waals surface area (Å²) in [6.07, 6.45) is 2.66. The monoisotopic (exact) mass is 209 g/mol. The van der Waals surface area contributed by atoms with E-state index in [2.05, 4.69) is 18.8 Å². The summed E-state index contributed by atoms with van der Waals surface area (Å²) in [5.74, 6) is -0.00213. The molecule has 1 heterocycles. The van der Waals surface area contributed by atoms with Crippen LogP contribution in [0.3, 0.4) is 0 Å². The van der Waals surface area contributed by atoms with E-state index in [4.69, 9.17) is 0 Å². The molecule has 0 spiro atoms. The maximum atomic E-state index is 11.5. The topological polar surface area (TPSA) is 29.1 Å². The van der Waals surface area contributed by atoms with Crippen LogP contribution in [0.2, 0.25) is 0 Å². The summed E-state index contributed by atoms with van der Waals surface area (Å²) in [6, 6.07) is 1.97. The number of rotatable bonds is 4. The summed E-state index contributed by atoms with van der Waals surface area (Å²) in [4.78, 5) is 13.6. The highest BCUT2D eigenvalue weighted by Gasteiger charge is 2.09. The predicted molar refractivity (Wildman–Crippen MR) is 61.0 cm³/mol. The number of thiophene rings is 1. The van der Waals surface area contributed by atoms with Gasteiger partial charge < -0.3 is 5.32 Å². The molecule has 0 aliphatic carbocycles. The minimum absolute atomic E-state index is 0.00213. The number of nitrogens with one attached hydrogen (secondary N) is 1. The van der Waals surface area contributed by atoms with Gasteiger partial charge in [0.25, 0.3) is 5.91 Å². The van der Waals surface area contributed by atoms with Crippen molar-refractivity contribution in [2.75, 3.05) is 6.54 Å². The molecule has 3 heteroatoms. The predicted octanol–water partition coefficient (Wildman–Crippen LogP) is 2.53. The third-order valence-corrected chi connectivity index (χ3v) is 3.12. The molecule has 0 bridgehead atoms. The summed E-state index contributed by atoms with van der Waals surface area (Å²) in [6.45, 7) is 8.23. The van der Waals surface area contributed by atoms with Crippen LogP contribution in [0.25, 0.3) is 0 Å². The van der Waals surface area contributed by atoms with Crippen LogP contribution in [0.5, 0.6) is 0 Å². The molecule has 76 valence electrons. The van der Waals surface area contributed by atoms with E-state index in [1.807, 2.05) is 13.0 Å². The molecular weight excluding hydrogens is 194 g/mol. The van der Waals surface area contributed by atoms with Gasteiger partial charge in [0.05, 0.1) is 4.88 Å². The lowest BCUT2D eigenvalue weighted by molar-refractivity contribution is 0.0962. The summed E-state index contributed by atoms with van der Waals surface area (Å²) in [7, 11) is 0. The molecule has 0 atom stereocenters. The van der Waals surface area contributed by atoms with E-state index in [1.54, 1.807) is 17.4 Å². The third-order valence-electron chi connectivity index (χ3n) is 2.03. The molecule has 0 saturated carbocycles. The summed E-state index contributed by atoms with van der Waals surface area (Å²) < 4.78 is 0. The van der Waals surface area contributed by atoms with Gasteiger partial charge in [-0.2, -0.15) is 0 Å². The Morgan fingerprint density at radius 3 is 2.93 bits per heavy atom. The standard InChI is InChI=1S/C11H15NOS/c1-4-6-12-11(13)10-7-9(5-2)8(3)14-10/h4,7H,1,5-6H2,2-3H3,(H,12,13). The van der Waals surface area contributed by atoms with Crippen LogP contribution in [0.15, 0.2) is 18.7 Å². The summed E-state index contributed by atoms with van der Waals surface area (Å²) in [5, 5.41) is 2.77. The van der Waals surface area contributed by atoms with Crippen molar-refractivity contribution in [2.24, 2.45) is 0 Å². The molecule has 0 aromatic carbocycles. The molecule has 1 N–H and O–H groups in total. The Balaban J connectivity index is 2.75. The lowest BCUT2D eigenvalue weighted by Gasteiger charge is -1.97. The van der Waals surface area contributed by atoms with Gasteiger partial charge in [0.15, 0.2) is 0 Å². The normalized spacial score (nSPS) is 9.86. The quantitative estimate of drug-likeness (QED) is 0.759. The number of carbonyl (C=O) groups is 1. The first kappa shape index (κ1) is 11.0. The van der Waals surface area contributed by atoms with Crippen molar-refractivity contribution in [1.82, 2.24) is 5.32 Å². The van der Waals surface area contributed by atoms with Crippen LogP contribution in [-0.4, -0.2) is 12.5 Å². The molecule has 1 aromatic heterocycles. The minimum Gasteiger partial charge on any atom is -0.348 e. The van der Waals surface area contributed by atoms with Gasteiger partial charge in [0, 0.05) is 11.4 Å². The van der Waals surface area contributed by atoms with Crippen molar-refractivity contribution in [3.63, 3.8) is 0 Å². The fraction of sp³-hybridized carbons (Fsp3) is 0.364. The molecule has 0 radical (unpaired) electrons. The van der Waals surface area contributed by atoms with Gasteiger partial charge in [-0.3, -0.25) is 4.79 Å². The van der Waals surface area contributed by atoms with Gasteiger partial charge in [-0.1, -0.05) is 13.0 Å². The highest BCUT2D eigenvalue weighted by molar-refractivity contribution is 7.14. The number of carbonyl (C=O) groups excluding carboxylic acids is 1. The molecule has 1 rings (SSSR count). The maximum absolute atomic E-state index is 11.5. The van der Waals surface area contributed by atoms with Crippen LogP contribution in [0.1, 0.15) is 27.0 Å². The van der Waals surface area contributed by atoms with Gasteiger partial charge in [-0.15, -0.1) is 17.9 Å². The highest BCUT2D eigenvalue weighted by atomic mass is 32.1. The van der Waals surface area contributed by atoms with E-state index in [1.165, 1.54) is 10.4 Å². The lowest BCUT2D eigenvalue weighted by atomic mass is 10.2. The van der Waals surface area contributed by atoms with Crippen LogP contribution in [-0.2, 0) is 6.42 Å². The average molecular weight is 209 g/mol. The first-order chi connectivity index (χ1) is 6.69. The Bertz CT molecular complexity index is 341. The maximum Gasteiger partial charge on any atom is 0.261 e. The van der Waals surface area contributed by atoms with Crippen molar-refractivity contribution in [3.8, 4) is 0 Å². The molecule has 0 unspecified atom stereocenters. The van der Waals surface area contributed by atoms with Crippen LogP contribution < -0.4 is 5.32 Å². The Labute approximate surface area is 88.6 Å². The first-order valence-electron chi connectivity index (χ1n) is 4.67.